The Kier molecular flexibility index (Phi) is 3.97. The number of hydrogen-bond donors (Lipinski definition) is 2. The predicted molar refractivity (Wildman–Crippen MR) is 80.8 cm³/mol. The Bertz CT molecular complexity index is 626. The highest BCUT2D eigenvalue weighted by Crippen LogP contribution is 2.22. The summed E-state index contributed by atoms with van der Waals surface area (Å²) in [7, 11) is 0. The van der Waals surface area contributed by atoms with E-state index < -0.39 is 0 Å². The number of nitrogens with zero attached hydrogens (tertiary/aromatic N) is 1. The highest BCUT2D eigenvalue weighted by Gasteiger charge is 2.09. The molecule has 3 nitrogen and oxygen atoms in total. The molecule has 0 aliphatic heterocycles. The largest absolute Gasteiger partial charge is 0.387 e. The first-order chi connectivity index (χ1) is 9.08. The molecule has 0 amide bonds. The van der Waals surface area contributed by atoms with E-state index in [2.05, 4.69) is 4.99 Å². The summed E-state index contributed by atoms with van der Waals surface area (Å²) < 4.78 is 0. The average molecular weight is 272 g/mol. The smallest absolute Gasteiger partial charge is 0.0965 e. The summed E-state index contributed by atoms with van der Waals surface area (Å²) in [5, 5.41) is 8.93. The summed E-state index contributed by atoms with van der Waals surface area (Å²) in [4.78, 5) is 4.25. The van der Waals surface area contributed by atoms with Crippen LogP contribution in [0.4, 0.5) is 5.69 Å². The van der Waals surface area contributed by atoms with E-state index in [0.29, 0.717) is 22.3 Å². The van der Waals surface area contributed by atoms with Crippen molar-refractivity contribution in [2.45, 2.75) is 6.92 Å². The lowest BCUT2D eigenvalue weighted by Gasteiger charge is -2.08. The second-order valence-electron chi connectivity index (χ2n) is 4.15. The molecule has 0 unspecified atom stereocenters. The minimum Gasteiger partial charge on any atom is -0.387 e. The molecule has 0 aliphatic carbocycles. The Hall–Kier alpha value is -2.13. The summed E-state index contributed by atoms with van der Waals surface area (Å²) in [6.07, 6.45) is 0. The van der Waals surface area contributed by atoms with Gasteiger partial charge in [-0.2, -0.15) is 0 Å². The quantitative estimate of drug-likeness (QED) is 0.648. The van der Waals surface area contributed by atoms with E-state index in [9.17, 15) is 0 Å². The molecule has 0 saturated heterocycles. The second-order valence-corrected chi connectivity index (χ2v) is 4.59. The fourth-order valence-electron chi connectivity index (χ4n) is 1.74. The average Bonchev–Trinajstić information content (AvgIpc) is 2.39. The minimum atomic E-state index is 0.400. The summed E-state index contributed by atoms with van der Waals surface area (Å²) in [6.45, 7) is 1.72. The van der Waals surface area contributed by atoms with Crippen LogP contribution in [0.1, 0.15) is 18.1 Å². The molecule has 2 aromatic rings. The van der Waals surface area contributed by atoms with Crippen LogP contribution in [0.2, 0.25) is 5.02 Å². The lowest BCUT2D eigenvalue weighted by Crippen LogP contribution is -2.06. The number of amidine groups is 1. The van der Waals surface area contributed by atoms with Gasteiger partial charge in [0.2, 0.25) is 0 Å². The van der Waals surface area contributed by atoms with E-state index in [-0.39, 0.29) is 0 Å². The topological polar surface area (TPSA) is 62.2 Å². The molecule has 0 radical (unpaired) electrons. The fourth-order valence-corrected chi connectivity index (χ4v) is 1.87. The zero-order chi connectivity index (χ0) is 13.8. The van der Waals surface area contributed by atoms with Gasteiger partial charge in [0, 0.05) is 16.1 Å². The molecule has 0 spiro atoms. The highest BCUT2D eigenvalue weighted by molar-refractivity contribution is 6.30. The molecule has 2 aromatic carbocycles. The highest BCUT2D eigenvalue weighted by atomic mass is 35.5. The Morgan fingerprint density at radius 3 is 2.37 bits per heavy atom. The monoisotopic (exact) mass is 271 g/mol. The molecule has 0 bridgehead atoms. The molecular weight excluding hydrogens is 258 g/mol. The maximum Gasteiger partial charge on any atom is 0.0965 e. The summed E-state index contributed by atoms with van der Waals surface area (Å²) in [5.74, 6) is 0.469. The number of rotatable bonds is 3. The third-order valence-electron chi connectivity index (χ3n) is 2.60. The Morgan fingerprint density at radius 2 is 1.74 bits per heavy atom. The van der Waals surface area contributed by atoms with Crippen LogP contribution in [-0.2, 0) is 0 Å². The summed E-state index contributed by atoms with van der Waals surface area (Å²) in [6, 6.07) is 14.6. The standard InChI is InChI=1S/C15H14ClN3/c1-10(17)19-14-5-3-2-4-13(14)15(18)11-6-8-12(16)9-7-11/h2-9,18H,1H3,(H2,17,19). The van der Waals surface area contributed by atoms with E-state index in [0.717, 1.165) is 11.1 Å². The third-order valence-corrected chi connectivity index (χ3v) is 2.86. The van der Waals surface area contributed by atoms with E-state index >= 15 is 0 Å². The van der Waals surface area contributed by atoms with Crippen LogP contribution in [0.5, 0.6) is 0 Å². The molecular formula is C15H14ClN3. The van der Waals surface area contributed by atoms with Crippen LogP contribution in [-0.4, -0.2) is 11.5 Å². The molecule has 96 valence electrons. The molecule has 0 saturated carbocycles. The number of halogens is 1. The van der Waals surface area contributed by atoms with Gasteiger partial charge in [-0.3, -0.25) is 5.41 Å². The van der Waals surface area contributed by atoms with Gasteiger partial charge in [0.05, 0.1) is 17.2 Å². The van der Waals surface area contributed by atoms with Crippen molar-refractivity contribution in [3.63, 3.8) is 0 Å². The Morgan fingerprint density at radius 1 is 1.11 bits per heavy atom. The van der Waals surface area contributed by atoms with Crippen LogP contribution in [0.25, 0.3) is 0 Å². The molecule has 0 fully saturated rings. The number of aliphatic imine (C=N–C) groups is 1. The molecule has 0 atom stereocenters. The second kappa shape index (κ2) is 5.67. The lowest BCUT2D eigenvalue weighted by atomic mass is 10.0. The SMILES string of the molecule is CC(N)=Nc1ccccc1C(=N)c1ccc(Cl)cc1. The minimum absolute atomic E-state index is 0.400. The zero-order valence-electron chi connectivity index (χ0n) is 10.5. The van der Waals surface area contributed by atoms with Crippen LogP contribution < -0.4 is 5.73 Å². The van der Waals surface area contributed by atoms with E-state index in [1.54, 1.807) is 19.1 Å². The molecule has 2 rings (SSSR count). The Balaban J connectivity index is 2.44. The number of para-hydroxylation sites is 1. The van der Waals surface area contributed by atoms with Gasteiger partial charge in [-0.25, -0.2) is 4.99 Å². The molecule has 4 heteroatoms. The molecule has 0 aliphatic rings. The molecule has 3 N–H and O–H groups in total. The van der Waals surface area contributed by atoms with Crippen molar-refractivity contribution < 1.29 is 0 Å². The van der Waals surface area contributed by atoms with Gasteiger partial charge in [-0.15, -0.1) is 0 Å². The van der Waals surface area contributed by atoms with Crippen molar-refractivity contribution >= 4 is 28.8 Å². The maximum atomic E-state index is 8.27. The number of nitrogens with two attached hydrogens (primary N) is 1. The van der Waals surface area contributed by atoms with Gasteiger partial charge in [0.25, 0.3) is 0 Å². The molecule has 0 aromatic heterocycles. The van der Waals surface area contributed by atoms with E-state index in [1.807, 2.05) is 36.4 Å². The lowest BCUT2D eigenvalue weighted by molar-refractivity contribution is 1.40. The normalized spacial score (nSPS) is 11.4. The van der Waals surface area contributed by atoms with Gasteiger partial charge >= 0.3 is 0 Å². The van der Waals surface area contributed by atoms with Crippen molar-refractivity contribution in [3.05, 3.63) is 64.7 Å². The number of hydrogen-bond acceptors (Lipinski definition) is 2. The maximum absolute atomic E-state index is 8.27. The Labute approximate surface area is 117 Å². The first-order valence-corrected chi connectivity index (χ1v) is 6.20. The van der Waals surface area contributed by atoms with Crippen LogP contribution in [0.3, 0.4) is 0 Å². The van der Waals surface area contributed by atoms with Crippen LogP contribution in [0.15, 0.2) is 53.5 Å². The van der Waals surface area contributed by atoms with Gasteiger partial charge in [0.15, 0.2) is 0 Å². The van der Waals surface area contributed by atoms with Gasteiger partial charge < -0.3 is 5.73 Å². The van der Waals surface area contributed by atoms with Crippen molar-refractivity contribution in [2.24, 2.45) is 10.7 Å². The number of benzene rings is 2. The van der Waals surface area contributed by atoms with E-state index in [1.165, 1.54) is 0 Å². The van der Waals surface area contributed by atoms with Crippen LogP contribution >= 0.6 is 11.6 Å². The van der Waals surface area contributed by atoms with Crippen molar-refractivity contribution in [1.29, 1.82) is 5.41 Å². The van der Waals surface area contributed by atoms with E-state index in [4.69, 9.17) is 22.7 Å². The van der Waals surface area contributed by atoms with Gasteiger partial charge in [-0.05, 0) is 25.1 Å². The van der Waals surface area contributed by atoms with Gasteiger partial charge in [-0.1, -0.05) is 41.9 Å². The van der Waals surface area contributed by atoms with Crippen LogP contribution in [0, 0.1) is 5.41 Å². The predicted octanol–water partition coefficient (Wildman–Crippen LogP) is 3.76. The van der Waals surface area contributed by atoms with Gasteiger partial charge in [0.1, 0.15) is 0 Å². The zero-order valence-corrected chi connectivity index (χ0v) is 11.3. The fraction of sp³-hybridized carbons (Fsp3) is 0.0667. The van der Waals surface area contributed by atoms with Crippen molar-refractivity contribution in [2.75, 3.05) is 0 Å². The number of nitrogens with one attached hydrogen (secondary N) is 1. The molecule has 0 heterocycles. The molecule has 19 heavy (non-hydrogen) atoms. The van der Waals surface area contributed by atoms with Crippen molar-refractivity contribution in [3.8, 4) is 0 Å². The third kappa shape index (κ3) is 3.20. The first kappa shape index (κ1) is 13.3. The first-order valence-electron chi connectivity index (χ1n) is 5.82. The summed E-state index contributed by atoms with van der Waals surface area (Å²) >= 11 is 5.85. The summed E-state index contributed by atoms with van der Waals surface area (Å²) in [5.41, 5.74) is 8.25. The van der Waals surface area contributed by atoms with Crippen molar-refractivity contribution in [1.82, 2.24) is 0 Å².